The summed E-state index contributed by atoms with van der Waals surface area (Å²) in [6.45, 7) is 4.39. The fourth-order valence-electron chi connectivity index (χ4n) is 3.02. The molecule has 28 heavy (non-hydrogen) atoms. The van der Waals surface area contributed by atoms with Gasteiger partial charge < -0.3 is 30.5 Å². The molecule has 0 aromatic rings. The third-order valence-corrected chi connectivity index (χ3v) is 4.27. The highest BCUT2D eigenvalue weighted by Crippen LogP contribution is 2.20. The number of hydrogen-bond donors (Lipinski definition) is 3. The van der Waals surface area contributed by atoms with Crippen LogP contribution in [0.5, 0.6) is 0 Å². The minimum absolute atomic E-state index is 0.00941. The summed E-state index contributed by atoms with van der Waals surface area (Å²) in [6.07, 6.45) is -1.45. The van der Waals surface area contributed by atoms with Crippen LogP contribution in [0.25, 0.3) is 0 Å². The lowest BCUT2D eigenvalue weighted by molar-refractivity contribution is -0.157. The first-order valence-corrected chi connectivity index (χ1v) is 8.99. The first-order chi connectivity index (χ1) is 13.1. The van der Waals surface area contributed by atoms with Gasteiger partial charge in [0.15, 0.2) is 0 Å². The molecule has 4 atom stereocenters. The molecular weight excluding hydrogens is 374 g/mol. The number of esters is 2. The zero-order valence-corrected chi connectivity index (χ0v) is 16.2. The van der Waals surface area contributed by atoms with Crippen LogP contribution < -0.4 is 11.1 Å². The number of primary amides is 1. The Morgan fingerprint density at radius 1 is 1.18 bits per heavy atom. The van der Waals surface area contributed by atoms with Crippen molar-refractivity contribution in [1.29, 1.82) is 0 Å². The van der Waals surface area contributed by atoms with Gasteiger partial charge in [-0.2, -0.15) is 0 Å². The maximum Gasteiger partial charge on any atom is 0.312 e. The molecule has 0 unspecified atom stereocenters. The third-order valence-electron chi connectivity index (χ3n) is 4.27. The summed E-state index contributed by atoms with van der Waals surface area (Å²) in [6, 6.07) is -2.58. The largest absolute Gasteiger partial charge is 0.466 e. The number of likely N-dealkylation sites (tertiary alicyclic amines) is 1. The van der Waals surface area contributed by atoms with E-state index in [0.717, 1.165) is 4.90 Å². The van der Waals surface area contributed by atoms with Crippen molar-refractivity contribution >= 4 is 29.7 Å². The molecule has 11 heteroatoms. The summed E-state index contributed by atoms with van der Waals surface area (Å²) in [5, 5.41) is 12.1. The monoisotopic (exact) mass is 401 g/mol. The van der Waals surface area contributed by atoms with Crippen molar-refractivity contribution in [3.8, 4) is 0 Å². The number of nitrogens with zero attached hydrogens (tertiary/aromatic N) is 1. The van der Waals surface area contributed by atoms with Crippen LogP contribution in [0.2, 0.25) is 0 Å². The Labute approximate surface area is 162 Å². The molecule has 0 radical (unpaired) electrons. The van der Waals surface area contributed by atoms with Crippen molar-refractivity contribution < 1.29 is 38.6 Å². The molecule has 0 aromatic heterocycles. The van der Waals surface area contributed by atoms with Crippen molar-refractivity contribution in [3.63, 3.8) is 0 Å². The molecule has 1 fully saturated rings. The lowest BCUT2D eigenvalue weighted by Crippen LogP contribution is -2.56. The standard InChI is InChI=1S/C17H27N3O8/c1-4-27-13(23)7-11(17(26)28-5-2)14(15(18)24)19-16(25)12-6-10(22)8-20(12)9(3)21/h10-12,14,22H,4-8H2,1-3H3,(H2,18,24)(H,19,25)/t10-,11+,12+,14-/m1/s1. The van der Waals surface area contributed by atoms with Gasteiger partial charge in [0.1, 0.15) is 12.1 Å². The van der Waals surface area contributed by atoms with E-state index in [2.05, 4.69) is 5.32 Å². The van der Waals surface area contributed by atoms with Crippen LogP contribution in [-0.2, 0) is 33.4 Å². The number of nitrogens with two attached hydrogens (primary N) is 1. The summed E-state index contributed by atoms with van der Waals surface area (Å²) in [5.41, 5.74) is 5.35. The number of hydrogen-bond acceptors (Lipinski definition) is 8. The van der Waals surface area contributed by atoms with Gasteiger partial charge in [0, 0.05) is 19.9 Å². The van der Waals surface area contributed by atoms with Crippen LogP contribution in [0.15, 0.2) is 0 Å². The predicted molar refractivity (Wildman–Crippen MR) is 94.3 cm³/mol. The Morgan fingerprint density at radius 2 is 1.79 bits per heavy atom. The first-order valence-electron chi connectivity index (χ1n) is 8.99. The van der Waals surface area contributed by atoms with Gasteiger partial charge in [-0.25, -0.2) is 0 Å². The van der Waals surface area contributed by atoms with Gasteiger partial charge in [-0.1, -0.05) is 0 Å². The molecule has 0 spiro atoms. The Kier molecular flexibility index (Phi) is 8.83. The van der Waals surface area contributed by atoms with Crippen LogP contribution >= 0.6 is 0 Å². The van der Waals surface area contributed by atoms with Crippen LogP contribution in [-0.4, -0.2) is 77.6 Å². The van der Waals surface area contributed by atoms with Crippen molar-refractivity contribution in [1.82, 2.24) is 10.2 Å². The van der Waals surface area contributed by atoms with E-state index in [4.69, 9.17) is 15.2 Å². The summed E-state index contributed by atoms with van der Waals surface area (Å²) in [7, 11) is 0. The van der Waals surface area contributed by atoms with E-state index in [1.165, 1.54) is 6.92 Å². The van der Waals surface area contributed by atoms with Gasteiger partial charge in [-0.15, -0.1) is 0 Å². The highest BCUT2D eigenvalue weighted by atomic mass is 16.5. The van der Waals surface area contributed by atoms with E-state index in [9.17, 15) is 29.1 Å². The maximum absolute atomic E-state index is 12.6. The number of nitrogens with one attached hydrogen (secondary N) is 1. The summed E-state index contributed by atoms with van der Waals surface area (Å²) < 4.78 is 9.69. The van der Waals surface area contributed by atoms with Crippen molar-refractivity contribution in [2.45, 2.75) is 51.8 Å². The Hall–Kier alpha value is -2.69. The molecule has 3 amide bonds. The van der Waals surface area contributed by atoms with E-state index in [0.29, 0.717) is 0 Å². The SMILES string of the molecule is CCOC(=O)C[C@H](C(=O)OCC)[C@@H](NC(=O)[C@@H]1C[C@@H](O)CN1C(C)=O)C(N)=O. The van der Waals surface area contributed by atoms with Crippen LogP contribution in [0.3, 0.4) is 0 Å². The summed E-state index contributed by atoms with van der Waals surface area (Å²) >= 11 is 0. The molecule has 4 N–H and O–H groups in total. The van der Waals surface area contributed by atoms with Gasteiger partial charge in [0.05, 0.1) is 31.7 Å². The second-order valence-electron chi connectivity index (χ2n) is 6.33. The van der Waals surface area contributed by atoms with E-state index in [-0.39, 0.29) is 26.2 Å². The number of aliphatic hydroxyl groups is 1. The lowest BCUT2D eigenvalue weighted by atomic mass is 9.94. The average molecular weight is 401 g/mol. The minimum atomic E-state index is -1.55. The predicted octanol–water partition coefficient (Wildman–Crippen LogP) is -1.93. The minimum Gasteiger partial charge on any atom is -0.466 e. The molecule has 0 aromatic carbocycles. The van der Waals surface area contributed by atoms with E-state index >= 15 is 0 Å². The number of amides is 3. The van der Waals surface area contributed by atoms with Crippen LogP contribution in [0, 0.1) is 5.92 Å². The van der Waals surface area contributed by atoms with Crippen LogP contribution in [0.4, 0.5) is 0 Å². The quantitative estimate of drug-likeness (QED) is 0.376. The molecule has 1 aliphatic rings. The number of ether oxygens (including phenoxy) is 2. The number of β-amino-alcohol motifs (C(OH)–C–C–N with tert-alkyl or cyclic N) is 1. The van der Waals surface area contributed by atoms with E-state index in [1.807, 2.05) is 0 Å². The molecule has 158 valence electrons. The normalized spacial score (nSPS) is 20.8. The Balaban J connectivity index is 3.04. The molecule has 0 aliphatic carbocycles. The number of carbonyl (C=O) groups is 5. The molecular formula is C17H27N3O8. The molecule has 1 aliphatic heterocycles. The van der Waals surface area contributed by atoms with Crippen molar-refractivity contribution in [2.75, 3.05) is 19.8 Å². The zero-order chi connectivity index (χ0) is 21.4. The number of carbonyl (C=O) groups excluding carboxylic acids is 5. The lowest BCUT2D eigenvalue weighted by Gasteiger charge is -2.27. The van der Waals surface area contributed by atoms with Gasteiger partial charge in [0.25, 0.3) is 0 Å². The Morgan fingerprint density at radius 3 is 2.29 bits per heavy atom. The van der Waals surface area contributed by atoms with Gasteiger partial charge in [-0.05, 0) is 13.8 Å². The van der Waals surface area contributed by atoms with Gasteiger partial charge in [-0.3, -0.25) is 24.0 Å². The fourth-order valence-corrected chi connectivity index (χ4v) is 3.02. The first kappa shape index (κ1) is 23.3. The molecule has 0 saturated carbocycles. The van der Waals surface area contributed by atoms with Crippen molar-refractivity contribution in [3.05, 3.63) is 0 Å². The Bertz CT molecular complexity index is 624. The molecule has 1 heterocycles. The zero-order valence-electron chi connectivity index (χ0n) is 16.2. The third kappa shape index (κ3) is 6.19. The molecule has 11 nitrogen and oxygen atoms in total. The highest BCUT2D eigenvalue weighted by molar-refractivity contribution is 5.95. The smallest absolute Gasteiger partial charge is 0.312 e. The van der Waals surface area contributed by atoms with Crippen LogP contribution in [0.1, 0.15) is 33.6 Å². The summed E-state index contributed by atoms with van der Waals surface area (Å²) in [5.74, 6) is -5.30. The van der Waals surface area contributed by atoms with E-state index < -0.39 is 60.2 Å². The topological polar surface area (TPSA) is 165 Å². The maximum atomic E-state index is 12.6. The van der Waals surface area contributed by atoms with Gasteiger partial charge >= 0.3 is 11.9 Å². The molecule has 1 rings (SSSR count). The highest BCUT2D eigenvalue weighted by Gasteiger charge is 2.42. The second kappa shape index (κ2) is 10.6. The molecule has 1 saturated heterocycles. The fraction of sp³-hybridized carbons (Fsp3) is 0.706. The van der Waals surface area contributed by atoms with E-state index in [1.54, 1.807) is 13.8 Å². The summed E-state index contributed by atoms with van der Waals surface area (Å²) in [4.78, 5) is 61.5. The average Bonchev–Trinajstić information content (AvgIpc) is 3.00. The number of rotatable bonds is 9. The number of aliphatic hydroxyl groups excluding tert-OH is 1. The van der Waals surface area contributed by atoms with Crippen molar-refractivity contribution in [2.24, 2.45) is 11.7 Å². The molecule has 0 bridgehead atoms. The van der Waals surface area contributed by atoms with Gasteiger partial charge in [0.2, 0.25) is 17.7 Å². The second-order valence-corrected chi connectivity index (χ2v) is 6.33.